The molecule has 2 aliphatic rings. The van der Waals surface area contributed by atoms with Gasteiger partial charge in [-0.2, -0.15) is 0 Å². The Hall–Kier alpha value is -0.0800. The third-order valence-corrected chi connectivity index (χ3v) is 4.73. The van der Waals surface area contributed by atoms with Crippen LogP contribution in [-0.4, -0.2) is 23.8 Å². The molecule has 17 heavy (non-hydrogen) atoms. The van der Waals surface area contributed by atoms with Gasteiger partial charge in [-0.05, 0) is 49.4 Å². The van der Waals surface area contributed by atoms with Crippen LogP contribution in [0.5, 0.6) is 0 Å². The van der Waals surface area contributed by atoms with Gasteiger partial charge < -0.3 is 10.4 Å². The summed E-state index contributed by atoms with van der Waals surface area (Å²) >= 11 is 0. The van der Waals surface area contributed by atoms with E-state index in [1.54, 1.807) is 0 Å². The van der Waals surface area contributed by atoms with Gasteiger partial charge in [0.05, 0.1) is 0 Å². The maximum Gasteiger partial charge on any atom is 0.0474 e. The van der Waals surface area contributed by atoms with Crippen LogP contribution < -0.4 is 5.32 Å². The lowest BCUT2D eigenvalue weighted by molar-refractivity contribution is 0.130. The second-order valence-corrected chi connectivity index (χ2v) is 7.26. The van der Waals surface area contributed by atoms with Gasteiger partial charge in [0.2, 0.25) is 0 Å². The summed E-state index contributed by atoms with van der Waals surface area (Å²) in [6, 6.07) is 1.25. The fraction of sp³-hybridized carbons (Fsp3) is 1.00. The average Bonchev–Trinajstić information content (AvgIpc) is 2.61. The van der Waals surface area contributed by atoms with Gasteiger partial charge in [0.15, 0.2) is 0 Å². The van der Waals surface area contributed by atoms with Crippen molar-refractivity contribution in [2.75, 3.05) is 6.61 Å². The Bertz CT molecular complexity index is 251. The molecule has 4 atom stereocenters. The van der Waals surface area contributed by atoms with Gasteiger partial charge in [-0.25, -0.2) is 0 Å². The summed E-state index contributed by atoms with van der Waals surface area (Å²) < 4.78 is 0. The molecule has 0 radical (unpaired) electrons. The van der Waals surface area contributed by atoms with Crippen LogP contribution in [0.2, 0.25) is 0 Å². The van der Waals surface area contributed by atoms with E-state index in [9.17, 15) is 5.11 Å². The third kappa shape index (κ3) is 3.45. The van der Waals surface area contributed by atoms with Gasteiger partial charge in [0.25, 0.3) is 0 Å². The smallest absolute Gasteiger partial charge is 0.0474 e. The van der Waals surface area contributed by atoms with Crippen molar-refractivity contribution in [2.45, 2.75) is 71.4 Å². The summed E-state index contributed by atoms with van der Waals surface area (Å²) in [6.45, 7) is 7.54. The van der Waals surface area contributed by atoms with E-state index >= 15 is 0 Å². The highest BCUT2D eigenvalue weighted by Crippen LogP contribution is 2.39. The predicted octanol–water partition coefficient (Wildman–Crippen LogP) is 2.95. The number of rotatable bonds is 3. The Balaban J connectivity index is 1.89. The highest BCUT2D eigenvalue weighted by molar-refractivity contribution is 4.91. The topological polar surface area (TPSA) is 32.3 Å². The lowest BCUT2D eigenvalue weighted by Crippen LogP contribution is -2.46. The highest BCUT2D eigenvalue weighted by atomic mass is 16.3. The normalized spacial score (nSPS) is 41.6. The van der Waals surface area contributed by atoms with Crippen molar-refractivity contribution in [1.82, 2.24) is 5.32 Å². The zero-order valence-corrected chi connectivity index (χ0v) is 11.7. The van der Waals surface area contributed by atoms with Crippen LogP contribution in [-0.2, 0) is 0 Å². The quantitative estimate of drug-likeness (QED) is 0.793. The second kappa shape index (κ2) is 5.27. The molecule has 0 spiro atoms. The maximum atomic E-state index is 9.38. The standard InChI is InChI=1S/C15H29NO/c1-11-7-13(9-15(2,3)8-11)16-14-6-4-5-12(14)10-17/h11-14,16-17H,4-10H2,1-3H3. The molecule has 2 saturated carbocycles. The molecule has 2 fully saturated rings. The molecular formula is C15H29NO. The van der Waals surface area contributed by atoms with E-state index in [1.165, 1.54) is 38.5 Å². The van der Waals surface area contributed by atoms with E-state index in [2.05, 4.69) is 26.1 Å². The first-order chi connectivity index (χ1) is 8.00. The fourth-order valence-corrected chi connectivity index (χ4v) is 4.25. The first-order valence-corrected chi connectivity index (χ1v) is 7.37. The molecule has 0 saturated heterocycles. The van der Waals surface area contributed by atoms with Crippen molar-refractivity contribution in [3.05, 3.63) is 0 Å². The molecule has 4 unspecified atom stereocenters. The second-order valence-electron chi connectivity index (χ2n) is 7.26. The number of aliphatic hydroxyl groups excluding tert-OH is 1. The van der Waals surface area contributed by atoms with Crippen molar-refractivity contribution >= 4 is 0 Å². The predicted molar refractivity (Wildman–Crippen MR) is 71.9 cm³/mol. The maximum absolute atomic E-state index is 9.38. The van der Waals surface area contributed by atoms with Gasteiger partial charge in [-0.3, -0.25) is 0 Å². The van der Waals surface area contributed by atoms with E-state index in [4.69, 9.17) is 0 Å². The molecule has 2 heteroatoms. The van der Waals surface area contributed by atoms with Crippen molar-refractivity contribution in [1.29, 1.82) is 0 Å². The van der Waals surface area contributed by atoms with Crippen molar-refractivity contribution in [2.24, 2.45) is 17.3 Å². The SMILES string of the molecule is CC1CC(NC2CCCC2CO)CC(C)(C)C1. The lowest BCUT2D eigenvalue weighted by atomic mass is 9.70. The minimum absolute atomic E-state index is 0.364. The van der Waals surface area contributed by atoms with E-state index < -0.39 is 0 Å². The van der Waals surface area contributed by atoms with Crippen molar-refractivity contribution < 1.29 is 5.11 Å². The van der Waals surface area contributed by atoms with Gasteiger partial charge >= 0.3 is 0 Å². The van der Waals surface area contributed by atoms with E-state index in [0.29, 0.717) is 30.0 Å². The van der Waals surface area contributed by atoms with Gasteiger partial charge in [-0.15, -0.1) is 0 Å². The van der Waals surface area contributed by atoms with E-state index in [-0.39, 0.29) is 0 Å². The molecule has 100 valence electrons. The van der Waals surface area contributed by atoms with Gasteiger partial charge in [0, 0.05) is 18.7 Å². The molecule has 2 aliphatic carbocycles. The summed E-state index contributed by atoms with van der Waals surface area (Å²) in [5.41, 5.74) is 0.489. The number of aliphatic hydroxyl groups is 1. The highest BCUT2D eigenvalue weighted by Gasteiger charge is 2.35. The summed E-state index contributed by atoms with van der Waals surface area (Å²) in [4.78, 5) is 0. The number of nitrogens with one attached hydrogen (secondary N) is 1. The van der Waals surface area contributed by atoms with Gasteiger partial charge in [-0.1, -0.05) is 27.2 Å². The molecule has 0 aromatic heterocycles. The molecule has 0 aromatic carbocycles. The van der Waals surface area contributed by atoms with E-state index in [0.717, 1.165) is 5.92 Å². The van der Waals surface area contributed by atoms with Crippen LogP contribution in [0.25, 0.3) is 0 Å². The molecule has 0 aromatic rings. The van der Waals surface area contributed by atoms with Crippen LogP contribution in [0, 0.1) is 17.3 Å². The minimum Gasteiger partial charge on any atom is -0.396 e. The summed E-state index contributed by atoms with van der Waals surface area (Å²) in [5.74, 6) is 1.35. The van der Waals surface area contributed by atoms with Crippen molar-refractivity contribution in [3.8, 4) is 0 Å². The number of hydrogen-bond acceptors (Lipinski definition) is 2. The Morgan fingerprint density at radius 3 is 2.65 bits per heavy atom. The summed E-state index contributed by atoms with van der Waals surface area (Å²) in [5, 5.41) is 13.2. The average molecular weight is 239 g/mol. The molecule has 2 N–H and O–H groups in total. The molecule has 0 heterocycles. The van der Waals surface area contributed by atoms with Crippen LogP contribution in [0.3, 0.4) is 0 Å². The summed E-state index contributed by atoms with van der Waals surface area (Å²) in [6.07, 6.45) is 7.73. The van der Waals surface area contributed by atoms with Crippen LogP contribution in [0.15, 0.2) is 0 Å². The molecule has 0 bridgehead atoms. The Labute approximate surface area is 106 Å². The molecular weight excluding hydrogens is 210 g/mol. The monoisotopic (exact) mass is 239 g/mol. The largest absolute Gasteiger partial charge is 0.396 e. The van der Waals surface area contributed by atoms with E-state index in [1.807, 2.05) is 0 Å². The number of hydrogen-bond donors (Lipinski definition) is 2. The van der Waals surface area contributed by atoms with Crippen LogP contribution in [0.1, 0.15) is 59.3 Å². The fourth-order valence-electron chi connectivity index (χ4n) is 4.25. The Morgan fingerprint density at radius 2 is 2.00 bits per heavy atom. The molecule has 2 nitrogen and oxygen atoms in total. The molecule has 2 rings (SSSR count). The first-order valence-electron chi connectivity index (χ1n) is 7.37. The Morgan fingerprint density at radius 1 is 1.24 bits per heavy atom. The van der Waals surface area contributed by atoms with Gasteiger partial charge in [0.1, 0.15) is 0 Å². The zero-order chi connectivity index (χ0) is 12.5. The molecule has 0 amide bonds. The zero-order valence-electron chi connectivity index (χ0n) is 11.7. The lowest BCUT2D eigenvalue weighted by Gasteiger charge is -2.41. The minimum atomic E-state index is 0.364. The van der Waals surface area contributed by atoms with Crippen LogP contribution >= 0.6 is 0 Å². The third-order valence-electron chi connectivity index (χ3n) is 4.73. The Kier molecular flexibility index (Phi) is 4.14. The van der Waals surface area contributed by atoms with Crippen LogP contribution in [0.4, 0.5) is 0 Å². The summed E-state index contributed by atoms with van der Waals surface area (Å²) in [7, 11) is 0. The van der Waals surface area contributed by atoms with Crippen molar-refractivity contribution in [3.63, 3.8) is 0 Å². The molecule has 0 aliphatic heterocycles. The first kappa shape index (κ1) is 13.4.